The number of carbonyl (C=O) groups is 1. The predicted molar refractivity (Wildman–Crippen MR) is 86.1 cm³/mol. The summed E-state index contributed by atoms with van der Waals surface area (Å²) in [5, 5.41) is 12.5. The number of aliphatic hydroxyl groups excluding tert-OH is 1. The fourth-order valence-corrected chi connectivity index (χ4v) is 2.62. The van der Waals surface area contributed by atoms with E-state index in [1.54, 1.807) is 11.9 Å². The number of aryl methyl sites for hydroxylation is 1. The number of amides is 2. The Labute approximate surface area is 132 Å². The molecule has 5 nitrogen and oxygen atoms in total. The van der Waals surface area contributed by atoms with E-state index >= 15 is 0 Å². The Hall–Kier alpha value is -1.75. The topological polar surface area (TPSA) is 61.8 Å². The first-order valence-electron chi connectivity index (χ1n) is 7.94. The first-order chi connectivity index (χ1) is 10.6. The number of benzene rings is 1. The average molecular weight is 306 g/mol. The third kappa shape index (κ3) is 4.91. The van der Waals surface area contributed by atoms with Crippen molar-refractivity contribution in [3.63, 3.8) is 0 Å². The van der Waals surface area contributed by atoms with E-state index in [1.807, 2.05) is 31.2 Å². The Bertz CT molecular complexity index is 485. The molecule has 1 saturated carbocycles. The van der Waals surface area contributed by atoms with Crippen LogP contribution >= 0.6 is 0 Å². The molecule has 0 aromatic heterocycles. The van der Waals surface area contributed by atoms with Crippen LogP contribution in [0.1, 0.15) is 31.2 Å². The van der Waals surface area contributed by atoms with E-state index in [9.17, 15) is 9.90 Å². The number of rotatable bonds is 5. The third-order valence-corrected chi connectivity index (χ3v) is 4.15. The van der Waals surface area contributed by atoms with Gasteiger partial charge in [0.15, 0.2) is 0 Å². The van der Waals surface area contributed by atoms with Crippen LogP contribution in [-0.4, -0.2) is 48.4 Å². The van der Waals surface area contributed by atoms with Crippen molar-refractivity contribution >= 4 is 6.03 Å². The van der Waals surface area contributed by atoms with Crippen molar-refractivity contribution in [2.75, 3.05) is 20.2 Å². The molecule has 0 radical (unpaired) electrons. The minimum atomic E-state index is -0.201. The number of para-hydroxylation sites is 1. The number of nitrogens with zero attached hydrogens (tertiary/aromatic N) is 1. The molecular weight excluding hydrogens is 280 g/mol. The molecule has 1 aromatic rings. The molecule has 1 aromatic carbocycles. The Morgan fingerprint density at radius 3 is 2.68 bits per heavy atom. The smallest absolute Gasteiger partial charge is 0.317 e. The fourth-order valence-electron chi connectivity index (χ4n) is 2.62. The number of urea groups is 1. The summed E-state index contributed by atoms with van der Waals surface area (Å²) < 4.78 is 5.71. The number of hydrogen-bond acceptors (Lipinski definition) is 3. The van der Waals surface area contributed by atoms with Crippen LogP contribution < -0.4 is 10.1 Å². The van der Waals surface area contributed by atoms with Gasteiger partial charge in [0, 0.05) is 13.1 Å². The lowest BCUT2D eigenvalue weighted by atomic mass is 9.93. The van der Waals surface area contributed by atoms with Gasteiger partial charge in [-0.15, -0.1) is 0 Å². The van der Waals surface area contributed by atoms with Gasteiger partial charge in [-0.1, -0.05) is 18.2 Å². The highest BCUT2D eigenvalue weighted by Crippen LogP contribution is 2.18. The molecule has 1 aliphatic rings. The maximum absolute atomic E-state index is 12.1. The molecule has 0 atom stereocenters. The van der Waals surface area contributed by atoms with E-state index in [0.29, 0.717) is 13.2 Å². The molecule has 22 heavy (non-hydrogen) atoms. The number of hydrogen-bond donors (Lipinski definition) is 2. The molecule has 0 bridgehead atoms. The number of nitrogens with one attached hydrogen (secondary N) is 1. The quantitative estimate of drug-likeness (QED) is 0.877. The van der Waals surface area contributed by atoms with Crippen LogP contribution in [0.25, 0.3) is 0 Å². The summed E-state index contributed by atoms with van der Waals surface area (Å²) in [6.45, 7) is 3.01. The SMILES string of the molecule is Cc1ccccc1OCCN(C)C(=O)NC1CCC(O)CC1. The van der Waals surface area contributed by atoms with E-state index in [0.717, 1.165) is 37.0 Å². The van der Waals surface area contributed by atoms with Gasteiger partial charge in [0.05, 0.1) is 12.6 Å². The zero-order valence-electron chi connectivity index (χ0n) is 13.4. The number of ether oxygens (including phenoxy) is 1. The van der Waals surface area contributed by atoms with Crippen LogP contribution in [0.15, 0.2) is 24.3 Å². The van der Waals surface area contributed by atoms with Crippen molar-refractivity contribution in [2.24, 2.45) is 0 Å². The first-order valence-corrected chi connectivity index (χ1v) is 7.94. The first kappa shape index (κ1) is 16.6. The molecule has 2 rings (SSSR count). The Morgan fingerprint density at radius 1 is 1.32 bits per heavy atom. The monoisotopic (exact) mass is 306 g/mol. The molecule has 0 aliphatic heterocycles. The van der Waals surface area contributed by atoms with Gasteiger partial charge < -0.3 is 20.1 Å². The van der Waals surface area contributed by atoms with Crippen LogP contribution in [0.3, 0.4) is 0 Å². The standard InChI is InChI=1S/C17H26N2O3/c1-13-5-3-4-6-16(13)22-12-11-19(2)17(21)18-14-7-9-15(20)10-8-14/h3-6,14-15,20H,7-12H2,1-2H3,(H,18,21). The highest BCUT2D eigenvalue weighted by molar-refractivity contribution is 5.74. The Morgan fingerprint density at radius 2 is 2.00 bits per heavy atom. The molecule has 1 fully saturated rings. The van der Waals surface area contributed by atoms with Crippen molar-refractivity contribution in [3.8, 4) is 5.75 Å². The second-order valence-electron chi connectivity index (χ2n) is 5.99. The van der Waals surface area contributed by atoms with Gasteiger partial charge in [0.2, 0.25) is 0 Å². The molecule has 122 valence electrons. The van der Waals surface area contributed by atoms with Crippen molar-refractivity contribution < 1.29 is 14.6 Å². The van der Waals surface area contributed by atoms with E-state index in [-0.39, 0.29) is 18.2 Å². The van der Waals surface area contributed by atoms with Crippen LogP contribution in [0, 0.1) is 6.92 Å². The summed E-state index contributed by atoms with van der Waals surface area (Å²) in [7, 11) is 1.77. The normalized spacial score (nSPS) is 21.2. The van der Waals surface area contributed by atoms with Crippen LogP contribution in [0.5, 0.6) is 5.75 Å². The minimum absolute atomic E-state index is 0.0743. The number of carbonyl (C=O) groups excluding carboxylic acids is 1. The van der Waals surface area contributed by atoms with Gasteiger partial charge >= 0.3 is 6.03 Å². The summed E-state index contributed by atoms with van der Waals surface area (Å²) in [6.07, 6.45) is 3.03. The number of likely N-dealkylation sites (N-methyl/N-ethyl adjacent to an activating group) is 1. The van der Waals surface area contributed by atoms with Crippen molar-refractivity contribution in [3.05, 3.63) is 29.8 Å². The molecule has 0 spiro atoms. The summed E-state index contributed by atoms with van der Waals surface area (Å²) >= 11 is 0. The van der Waals surface area contributed by atoms with E-state index < -0.39 is 0 Å². The zero-order chi connectivity index (χ0) is 15.9. The lowest BCUT2D eigenvalue weighted by Gasteiger charge is -2.28. The van der Waals surface area contributed by atoms with Crippen LogP contribution in [0.2, 0.25) is 0 Å². The molecular formula is C17H26N2O3. The van der Waals surface area contributed by atoms with Gasteiger partial charge in [-0.25, -0.2) is 4.79 Å². The highest BCUT2D eigenvalue weighted by atomic mass is 16.5. The zero-order valence-corrected chi connectivity index (χ0v) is 13.4. The second kappa shape index (κ2) is 8.03. The molecule has 5 heteroatoms. The minimum Gasteiger partial charge on any atom is -0.491 e. The molecule has 2 N–H and O–H groups in total. The average Bonchev–Trinajstić information content (AvgIpc) is 2.51. The summed E-state index contributed by atoms with van der Waals surface area (Å²) in [5.74, 6) is 0.859. The van der Waals surface area contributed by atoms with E-state index in [2.05, 4.69) is 5.32 Å². The molecule has 1 aliphatic carbocycles. The largest absolute Gasteiger partial charge is 0.491 e. The summed E-state index contributed by atoms with van der Waals surface area (Å²) in [5.41, 5.74) is 1.09. The lowest BCUT2D eigenvalue weighted by molar-refractivity contribution is 0.115. The van der Waals surface area contributed by atoms with Gasteiger partial charge in [-0.3, -0.25) is 0 Å². The van der Waals surface area contributed by atoms with Gasteiger partial charge in [0.25, 0.3) is 0 Å². The molecule has 0 saturated heterocycles. The number of aliphatic hydroxyl groups is 1. The molecule has 2 amide bonds. The van der Waals surface area contributed by atoms with Crippen molar-refractivity contribution in [1.29, 1.82) is 0 Å². The maximum Gasteiger partial charge on any atom is 0.317 e. The van der Waals surface area contributed by atoms with E-state index in [4.69, 9.17) is 4.74 Å². The summed E-state index contributed by atoms with van der Waals surface area (Å²) in [6, 6.07) is 7.95. The Balaban J connectivity index is 1.69. The summed E-state index contributed by atoms with van der Waals surface area (Å²) in [4.78, 5) is 13.7. The van der Waals surface area contributed by atoms with Gasteiger partial charge in [-0.2, -0.15) is 0 Å². The van der Waals surface area contributed by atoms with Crippen LogP contribution in [-0.2, 0) is 0 Å². The molecule has 0 unspecified atom stereocenters. The third-order valence-electron chi connectivity index (χ3n) is 4.15. The fraction of sp³-hybridized carbons (Fsp3) is 0.588. The van der Waals surface area contributed by atoms with Gasteiger partial charge in [-0.05, 0) is 44.2 Å². The van der Waals surface area contributed by atoms with Crippen molar-refractivity contribution in [1.82, 2.24) is 10.2 Å². The highest BCUT2D eigenvalue weighted by Gasteiger charge is 2.21. The van der Waals surface area contributed by atoms with Crippen LogP contribution in [0.4, 0.5) is 4.79 Å². The second-order valence-corrected chi connectivity index (χ2v) is 5.99. The van der Waals surface area contributed by atoms with E-state index in [1.165, 1.54) is 0 Å². The lowest BCUT2D eigenvalue weighted by Crippen LogP contribution is -2.45. The maximum atomic E-state index is 12.1. The van der Waals surface area contributed by atoms with Gasteiger partial charge in [0.1, 0.15) is 12.4 Å². The Kier molecular flexibility index (Phi) is 6.07. The predicted octanol–water partition coefficient (Wildman–Crippen LogP) is 2.32. The van der Waals surface area contributed by atoms with Crippen molar-refractivity contribution in [2.45, 2.75) is 44.8 Å². The molecule has 0 heterocycles.